The molecule has 1 N–H and O–H groups in total. The molecule has 0 aliphatic carbocycles. The lowest BCUT2D eigenvalue weighted by Crippen LogP contribution is -2.19. The molecule has 0 aromatic heterocycles. The van der Waals surface area contributed by atoms with Crippen LogP contribution in [0, 0.1) is 6.92 Å². The Balaban J connectivity index is 1.56. The molecule has 1 amide bonds. The number of nitrogens with zero attached hydrogens (tertiary/aromatic N) is 1. The standard InChI is InChI=1S/C23H21BrN2O2/c1-16-3-7-19(8-4-16)17(2)25-26-23(27)20-9-13-22(14-10-20)28-15-18-5-11-21(24)12-6-18/h3-14H,15H2,1-2H3,(H,26,27)/b25-17+. The van der Waals surface area contributed by atoms with E-state index in [4.69, 9.17) is 4.74 Å². The quantitative estimate of drug-likeness (QED) is 0.410. The first-order valence-corrected chi connectivity index (χ1v) is 9.69. The molecule has 0 unspecified atom stereocenters. The van der Waals surface area contributed by atoms with Crippen molar-refractivity contribution in [3.63, 3.8) is 0 Å². The highest BCUT2D eigenvalue weighted by Crippen LogP contribution is 2.16. The van der Waals surface area contributed by atoms with Crippen LogP contribution in [0.5, 0.6) is 5.75 Å². The van der Waals surface area contributed by atoms with Gasteiger partial charge in [-0.05, 0) is 61.4 Å². The third kappa shape index (κ3) is 5.54. The molecule has 5 heteroatoms. The zero-order valence-corrected chi connectivity index (χ0v) is 17.4. The summed E-state index contributed by atoms with van der Waals surface area (Å²) in [6.45, 7) is 4.37. The maximum absolute atomic E-state index is 12.3. The number of amides is 1. The van der Waals surface area contributed by atoms with Crippen LogP contribution < -0.4 is 10.2 Å². The monoisotopic (exact) mass is 436 g/mol. The number of hydrazone groups is 1. The second-order valence-corrected chi connectivity index (χ2v) is 7.36. The molecule has 142 valence electrons. The number of carbonyl (C=O) groups is 1. The van der Waals surface area contributed by atoms with Crippen molar-refractivity contribution < 1.29 is 9.53 Å². The Kier molecular flexibility index (Phi) is 6.61. The van der Waals surface area contributed by atoms with Crippen molar-refractivity contribution >= 4 is 27.5 Å². The fraction of sp³-hybridized carbons (Fsp3) is 0.130. The van der Waals surface area contributed by atoms with Crippen molar-refractivity contribution in [2.75, 3.05) is 0 Å². The van der Waals surface area contributed by atoms with Gasteiger partial charge in [-0.2, -0.15) is 5.10 Å². The van der Waals surface area contributed by atoms with Gasteiger partial charge in [0.15, 0.2) is 0 Å². The van der Waals surface area contributed by atoms with Gasteiger partial charge in [-0.25, -0.2) is 5.43 Å². The molecule has 3 rings (SSSR count). The molecule has 3 aromatic rings. The van der Waals surface area contributed by atoms with E-state index in [2.05, 4.69) is 26.5 Å². The molecular weight excluding hydrogens is 416 g/mol. The zero-order valence-electron chi connectivity index (χ0n) is 15.8. The van der Waals surface area contributed by atoms with Crippen LogP contribution >= 0.6 is 15.9 Å². The van der Waals surface area contributed by atoms with Gasteiger partial charge in [0.1, 0.15) is 12.4 Å². The number of hydrogen-bond donors (Lipinski definition) is 1. The molecule has 4 nitrogen and oxygen atoms in total. The Labute approximate surface area is 173 Å². The molecule has 0 heterocycles. The Morgan fingerprint density at radius 2 is 1.54 bits per heavy atom. The summed E-state index contributed by atoms with van der Waals surface area (Å²) < 4.78 is 6.79. The third-order valence-corrected chi connectivity index (χ3v) is 4.76. The fourth-order valence-electron chi connectivity index (χ4n) is 2.51. The fourth-order valence-corrected chi connectivity index (χ4v) is 2.77. The minimum Gasteiger partial charge on any atom is -0.489 e. The number of aryl methyl sites for hydroxylation is 1. The van der Waals surface area contributed by atoms with Crippen LogP contribution in [-0.4, -0.2) is 11.6 Å². The molecule has 0 fully saturated rings. The van der Waals surface area contributed by atoms with Crippen LogP contribution in [0.4, 0.5) is 0 Å². The molecule has 3 aromatic carbocycles. The summed E-state index contributed by atoms with van der Waals surface area (Å²) >= 11 is 3.41. The summed E-state index contributed by atoms with van der Waals surface area (Å²) in [4.78, 5) is 12.3. The number of carbonyl (C=O) groups excluding carboxylic acids is 1. The van der Waals surface area contributed by atoms with Crippen LogP contribution in [-0.2, 0) is 6.61 Å². The topological polar surface area (TPSA) is 50.7 Å². The first-order chi connectivity index (χ1) is 13.5. The number of rotatable bonds is 6. The first-order valence-electron chi connectivity index (χ1n) is 8.90. The molecule has 28 heavy (non-hydrogen) atoms. The van der Waals surface area contributed by atoms with Crippen molar-refractivity contribution in [3.05, 3.63) is 99.5 Å². The third-order valence-electron chi connectivity index (χ3n) is 4.23. The van der Waals surface area contributed by atoms with E-state index in [0.29, 0.717) is 17.9 Å². The van der Waals surface area contributed by atoms with Crippen LogP contribution in [0.1, 0.15) is 34.0 Å². The number of halogens is 1. The lowest BCUT2D eigenvalue weighted by Gasteiger charge is -2.07. The lowest BCUT2D eigenvalue weighted by molar-refractivity contribution is 0.0955. The van der Waals surface area contributed by atoms with Gasteiger partial charge in [-0.15, -0.1) is 0 Å². The van der Waals surface area contributed by atoms with E-state index in [0.717, 1.165) is 21.3 Å². The summed E-state index contributed by atoms with van der Waals surface area (Å²) in [6, 6.07) is 23.0. The van der Waals surface area contributed by atoms with E-state index in [9.17, 15) is 4.79 Å². The molecule has 0 aliphatic heterocycles. The van der Waals surface area contributed by atoms with Crippen LogP contribution in [0.15, 0.2) is 82.4 Å². The van der Waals surface area contributed by atoms with Crippen molar-refractivity contribution in [1.82, 2.24) is 5.43 Å². The van der Waals surface area contributed by atoms with Gasteiger partial charge in [0.2, 0.25) is 0 Å². The molecule has 0 saturated heterocycles. The van der Waals surface area contributed by atoms with Gasteiger partial charge in [0, 0.05) is 10.0 Å². The number of benzene rings is 3. The number of ether oxygens (including phenoxy) is 1. The second-order valence-electron chi connectivity index (χ2n) is 6.44. The van der Waals surface area contributed by atoms with E-state index >= 15 is 0 Å². The van der Waals surface area contributed by atoms with Gasteiger partial charge in [-0.3, -0.25) is 4.79 Å². The Morgan fingerprint density at radius 3 is 2.18 bits per heavy atom. The largest absolute Gasteiger partial charge is 0.489 e. The summed E-state index contributed by atoms with van der Waals surface area (Å²) in [6.07, 6.45) is 0. The minimum atomic E-state index is -0.258. The molecule has 0 aliphatic rings. The van der Waals surface area contributed by atoms with E-state index in [-0.39, 0.29) is 5.91 Å². The van der Waals surface area contributed by atoms with E-state index < -0.39 is 0 Å². The Bertz CT molecular complexity index is 963. The van der Waals surface area contributed by atoms with Crippen LogP contribution in [0.2, 0.25) is 0 Å². The average Bonchev–Trinajstić information content (AvgIpc) is 2.72. The minimum absolute atomic E-state index is 0.258. The Morgan fingerprint density at radius 1 is 0.929 bits per heavy atom. The normalized spacial score (nSPS) is 11.2. The molecular formula is C23H21BrN2O2. The highest BCUT2D eigenvalue weighted by molar-refractivity contribution is 9.10. The predicted molar refractivity (Wildman–Crippen MR) is 116 cm³/mol. The summed E-state index contributed by atoms with van der Waals surface area (Å²) in [5.41, 5.74) is 7.11. The van der Waals surface area contributed by atoms with Gasteiger partial charge < -0.3 is 4.74 Å². The predicted octanol–water partition coefficient (Wildman–Crippen LogP) is 5.49. The molecule has 0 spiro atoms. The van der Waals surface area contributed by atoms with Gasteiger partial charge in [-0.1, -0.05) is 57.9 Å². The maximum atomic E-state index is 12.3. The smallest absolute Gasteiger partial charge is 0.271 e. The van der Waals surface area contributed by atoms with Gasteiger partial charge in [0.05, 0.1) is 5.71 Å². The SMILES string of the molecule is C/C(=N\NC(=O)c1ccc(OCc2ccc(Br)cc2)cc1)c1ccc(C)cc1. The lowest BCUT2D eigenvalue weighted by atomic mass is 10.1. The number of nitrogens with one attached hydrogen (secondary N) is 1. The van der Waals surface area contributed by atoms with E-state index in [1.54, 1.807) is 24.3 Å². The molecule has 0 bridgehead atoms. The van der Waals surface area contributed by atoms with Crippen molar-refractivity contribution in [1.29, 1.82) is 0 Å². The molecule has 0 atom stereocenters. The van der Waals surface area contributed by atoms with Crippen LogP contribution in [0.3, 0.4) is 0 Å². The van der Waals surface area contributed by atoms with Crippen molar-refractivity contribution in [2.24, 2.45) is 5.10 Å². The number of hydrogen-bond acceptors (Lipinski definition) is 3. The first kappa shape index (κ1) is 19.8. The summed E-state index contributed by atoms with van der Waals surface area (Å²) in [7, 11) is 0. The van der Waals surface area contributed by atoms with Gasteiger partial charge >= 0.3 is 0 Å². The van der Waals surface area contributed by atoms with Crippen molar-refractivity contribution in [3.8, 4) is 5.75 Å². The highest BCUT2D eigenvalue weighted by Gasteiger charge is 2.06. The molecule has 0 saturated carbocycles. The van der Waals surface area contributed by atoms with Crippen LogP contribution in [0.25, 0.3) is 0 Å². The highest BCUT2D eigenvalue weighted by atomic mass is 79.9. The summed E-state index contributed by atoms with van der Waals surface area (Å²) in [5.74, 6) is 0.449. The van der Waals surface area contributed by atoms with E-state index in [1.165, 1.54) is 5.56 Å². The maximum Gasteiger partial charge on any atom is 0.271 e. The molecule has 0 radical (unpaired) electrons. The average molecular weight is 437 g/mol. The Hall–Kier alpha value is -2.92. The van der Waals surface area contributed by atoms with E-state index in [1.807, 2.05) is 62.4 Å². The van der Waals surface area contributed by atoms with Gasteiger partial charge in [0.25, 0.3) is 5.91 Å². The van der Waals surface area contributed by atoms with Crippen molar-refractivity contribution in [2.45, 2.75) is 20.5 Å². The second kappa shape index (κ2) is 9.33. The summed E-state index contributed by atoms with van der Waals surface area (Å²) in [5, 5.41) is 4.19. The zero-order chi connectivity index (χ0) is 19.9.